The summed E-state index contributed by atoms with van der Waals surface area (Å²) in [6.07, 6.45) is 2.03. The lowest BCUT2D eigenvalue weighted by molar-refractivity contribution is 0.102. The van der Waals surface area contributed by atoms with E-state index in [4.69, 9.17) is 9.56 Å². The number of benzene rings is 1. The molecule has 0 saturated heterocycles. The minimum atomic E-state index is -3.83. The van der Waals surface area contributed by atoms with Gasteiger partial charge in [0.05, 0.1) is 16.7 Å². The van der Waals surface area contributed by atoms with Crippen LogP contribution < -0.4 is 10.5 Å². The number of hydrogen-bond acceptors (Lipinski definition) is 4. The van der Waals surface area contributed by atoms with E-state index in [1.807, 2.05) is 6.92 Å². The van der Waals surface area contributed by atoms with Crippen LogP contribution in [0.15, 0.2) is 39.8 Å². The molecule has 1 aromatic carbocycles. The van der Waals surface area contributed by atoms with Gasteiger partial charge in [-0.2, -0.15) is 0 Å². The largest absolute Gasteiger partial charge is 0.469 e. The molecule has 0 radical (unpaired) electrons. The summed E-state index contributed by atoms with van der Waals surface area (Å²) in [5, 5.41) is 7.78. The van der Waals surface area contributed by atoms with Crippen molar-refractivity contribution in [3.63, 3.8) is 0 Å². The SMILES string of the molecule is CCc1occc1C(=O)Nc1ccc(C)c(S(N)(=O)=O)c1. The zero-order chi connectivity index (χ0) is 15.6. The van der Waals surface area contributed by atoms with Crippen LogP contribution in [0.4, 0.5) is 5.69 Å². The first-order valence-corrected chi connectivity index (χ1v) is 7.88. The second kappa shape index (κ2) is 5.71. The predicted octanol–water partition coefficient (Wildman–Crippen LogP) is 2.05. The smallest absolute Gasteiger partial charge is 0.259 e. The van der Waals surface area contributed by atoms with Crippen molar-refractivity contribution in [2.75, 3.05) is 5.32 Å². The summed E-state index contributed by atoms with van der Waals surface area (Å²) in [5.74, 6) is 0.219. The monoisotopic (exact) mass is 308 g/mol. The van der Waals surface area contributed by atoms with E-state index < -0.39 is 10.0 Å². The summed E-state index contributed by atoms with van der Waals surface area (Å²) in [5.41, 5.74) is 1.31. The van der Waals surface area contributed by atoms with Crippen molar-refractivity contribution >= 4 is 21.6 Å². The zero-order valence-corrected chi connectivity index (χ0v) is 12.5. The summed E-state index contributed by atoms with van der Waals surface area (Å²) in [7, 11) is -3.83. The van der Waals surface area contributed by atoms with Gasteiger partial charge in [0.25, 0.3) is 5.91 Å². The predicted molar refractivity (Wildman–Crippen MR) is 78.6 cm³/mol. The van der Waals surface area contributed by atoms with Crippen LogP contribution >= 0.6 is 0 Å². The number of aryl methyl sites for hydroxylation is 2. The number of furan rings is 1. The fraction of sp³-hybridized carbons (Fsp3) is 0.214. The number of carbonyl (C=O) groups excluding carboxylic acids is 1. The maximum Gasteiger partial charge on any atom is 0.259 e. The summed E-state index contributed by atoms with van der Waals surface area (Å²) < 4.78 is 28.1. The Labute approximate surface area is 123 Å². The molecule has 0 spiro atoms. The molecule has 6 nitrogen and oxygen atoms in total. The molecule has 0 unspecified atom stereocenters. The van der Waals surface area contributed by atoms with E-state index in [-0.39, 0.29) is 10.8 Å². The fourth-order valence-electron chi connectivity index (χ4n) is 2.00. The van der Waals surface area contributed by atoms with Crippen molar-refractivity contribution in [3.05, 3.63) is 47.4 Å². The highest BCUT2D eigenvalue weighted by Crippen LogP contribution is 2.20. The average Bonchev–Trinajstić information content (AvgIpc) is 2.88. The van der Waals surface area contributed by atoms with Gasteiger partial charge >= 0.3 is 0 Å². The van der Waals surface area contributed by atoms with Crippen molar-refractivity contribution in [1.82, 2.24) is 0 Å². The molecule has 0 bridgehead atoms. The third-order valence-electron chi connectivity index (χ3n) is 3.06. The van der Waals surface area contributed by atoms with E-state index in [1.165, 1.54) is 12.3 Å². The Hall–Kier alpha value is -2.12. The molecule has 2 aromatic rings. The van der Waals surface area contributed by atoms with Gasteiger partial charge in [0.1, 0.15) is 5.76 Å². The lowest BCUT2D eigenvalue weighted by Crippen LogP contribution is -2.16. The van der Waals surface area contributed by atoms with Gasteiger partial charge in [0.15, 0.2) is 0 Å². The molecule has 7 heteroatoms. The van der Waals surface area contributed by atoms with Crippen molar-refractivity contribution in [1.29, 1.82) is 0 Å². The molecule has 3 N–H and O–H groups in total. The van der Waals surface area contributed by atoms with Crippen molar-refractivity contribution in [2.45, 2.75) is 25.2 Å². The van der Waals surface area contributed by atoms with Gasteiger partial charge in [0, 0.05) is 12.1 Å². The van der Waals surface area contributed by atoms with Crippen molar-refractivity contribution in [3.8, 4) is 0 Å². The zero-order valence-electron chi connectivity index (χ0n) is 11.7. The lowest BCUT2D eigenvalue weighted by Gasteiger charge is -2.08. The van der Waals surface area contributed by atoms with Gasteiger partial charge < -0.3 is 9.73 Å². The van der Waals surface area contributed by atoms with Gasteiger partial charge in [-0.25, -0.2) is 13.6 Å². The normalized spacial score (nSPS) is 11.4. The fourth-order valence-corrected chi connectivity index (χ4v) is 2.81. The molecule has 1 aromatic heterocycles. The van der Waals surface area contributed by atoms with Gasteiger partial charge in [-0.3, -0.25) is 4.79 Å². The molecule has 1 amide bonds. The van der Waals surface area contributed by atoms with E-state index in [0.29, 0.717) is 29.0 Å². The summed E-state index contributed by atoms with van der Waals surface area (Å²) in [6, 6.07) is 6.12. The molecule has 21 heavy (non-hydrogen) atoms. The number of nitrogens with one attached hydrogen (secondary N) is 1. The first-order valence-electron chi connectivity index (χ1n) is 6.34. The molecular weight excluding hydrogens is 292 g/mol. The number of sulfonamides is 1. The van der Waals surface area contributed by atoms with Gasteiger partial charge in [-0.05, 0) is 30.7 Å². The summed E-state index contributed by atoms with van der Waals surface area (Å²) >= 11 is 0. The van der Waals surface area contributed by atoms with Crippen LogP contribution in [0.5, 0.6) is 0 Å². The Morgan fingerprint density at radius 3 is 2.67 bits per heavy atom. The minimum Gasteiger partial charge on any atom is -0.469 e. The molecule has 0 fully saturated rings. The molecule has 0 aliphatic rings. The van der Waals surface area contributed by atoms with Gasteiger partial charge in [-0.15, -0.1) is 0 Å². The van der Waals surface area contributed by atoms with E-state index in [0.717, 1.165) is 0 Å². The van der Waals surface area contributed by atoms with Crippen LogP contribution in [0.3, 0.4) is 0 Å². The number of nitrogens with two attached hydrogens (primary N) is 1. The number of amides is 1. The molecular formula is C14H16N2O4S. The Kier molecular flexibility index (Phi) is 4.15. The summed E-state index contributed by atoms with van der Waals surface area (Å²) in [4.78, 5) is 12.1. The van der Waals surface area contributed by atoms with Gasteiger partial charge in [0.2, 0.25) is 10.0 Å². The number of hydrogen-bond donors (Lipinski definition) is 2. The van der Waals surface area contributed by atoms with E-state index in [9.17, 15) is 13.2 Å². The van der Waals surface area contributed by atoms with Gasteiger partial charge in [-0.1, -0.05) is 13.0 Å². The lowest BCUT2D eigenvalue weighted by atomic mass is 10.2. The summed E-state index contributed by atoms with van der Waals surface area (Å²) in [6.45, 7) is 3.51. The maximum atomic E-state index is 12.1. The number of primary sulfonamides is 1. The first kappa shape index (κ1) is 15.3. The molecule has 2 rings (SSSR count). The standard InChI is InChI=1S/C14H16N2O4S/c1-3-12-11(6-7-20-12)14(17)16-10-5-4-9(2)13(8-10)21(15,18)19/h4-8H,3H2,1-2H3,(H,16,17)(H2,15,18,19). The molecule has 1 heterocycles. The van der Waals surface area contributed by atoms with Crippen LogP contribution in [-0.2, 0) is 16.4 Å². The molecule has 0 aliphatic heterocycles. The Balaban J connectivity index is 2.31. The Bertz CT molecular complexity index is 778. The first-order chi connectivity index (χ1) is 9.82. The third-order valence-corrected chi connectivity index (χ3v) is 4.12. The van der Waals surface area contributed by atoms with E-state index in [2.05, 4.69) is 5.32 Å². The number of anilines is 1. The average molecular weight is 308 g/mol. The van der Waals surface area contributed by atoms with Crippen LogP contribution in [-0.4, -0.2) is 14.3 Å². The van der Waals surface area contributed by atoms with Crippen LogP contribution in [0.1, 0.15) is 28.6 Å². The third kappa shape index (κ3) is 3.32. The maximum absolute atomic E-state index is 12.1. The second-order valence-corrected chi connectivity index (χ2v) is 6.12. The topological polar surface area (TPSA) is 102 Å². The highest BCUT2D eigenvalue weighted by molar-refractivity contribution is 7.89. The Morgan fingerprint density at radius 1 is 1.33 bits per heavy atom. The van der Waals surface area contributed by atoms with Crippen molar-refractivity contribution in [2.24, 2.45) is 5.14 Å². The molecule has 0 aliphatic carbocycles. The quantitative estimate of drug-likeness (QED) is 0.902. The second-order valence-electron chi connectivity index (χ2n) is 4.59. The number of rotatable bonds is 4. The molecule has 0 saturated carbocycles. The minimum absolute atomic E-state index is 0.0109. The van der Waals surface area contributed by atoms with Crippen LogP contribution in [0, 0.1) is 6.92 Å². The van der Waals surface area contributed by atoms with E-state index >= 15 is 0 Å². The number of carbonyl (C=O) groups is 1. The molecule has 112 valence electrons. The van der Waals surface area contributed by atoms with Crippen molar-refractivity contribution < 1.29 is 17.6 Å². The highest BCUT2D eigenvalue weighted by atomic mass is 32.2. The molecule has 0 atom stereocenters. The van der Waals surface area contributed by atoms with Crippen LogP contribution in [0.25, 0.3) is 0 Å². The highest BCUT2D eigenvalue weighted by Gasteiger charge is 2.16. The van der Waals surface area contributed by atoms with Crippen LogP contribution in [0.2, 0.25) is 0 Å². The van der Waals surface area contributed by atoms with E-state index in [1.54, 1.807) is 25.1 Å². The Morgan fingerprint density at radius 2 is 2.05 bits per heavy atom.